The van der Waals surface area contributed by atoms with Crippen LogP contribution in [-0.4, -0.2) is 38.8 Å². The molecule has 0 heterocycles. The summed E-state index contributed by atoms with van der Waals surface area (Å²) in [5.74, 6) is -0.0145. The highest BCUT2D eigenvalue weighted by atomic mass is 35.5. The van der Waals surface area contributed by atoms with E-state index in [4.69, 9.17) is 42.1 Å². The molecule has 7 nitrogen and oxygen atoms in total. The van der Waals surface area contributed by atoms with Gasteiger partial charge in [0, 0.05) is 11.1 Å². The molecule has 1 N–H and O–H groups in total. The lowest BCUT2D eigenvalue weighted by Gasteiger charge is -2.16. The van der Waals surface area contributed by atoms with E-state index in [1.54, 1.807) is 24.3 Å². The molecule has 0 aromatic heterocycles. The fourth-order valence-electron chi connectivity index (χ4n) is 2.16. The van der Waals surface area contributed by atoms with Gasteiger partial charge in [-0.25, -0.2) is 4.79 Å². The number of carbonyl (C=O) groups excluding carboxylic acids is 2. The first-order chi connectivity index (χ1) is 13.3. The number of halogens is 2. The molecule has 0 aliphatic heterocycles. The van der Waals surface area contributed by atoms with Crippen LogP contribution in [0.15, 0.2) is 36.4 Å². The summed E-state index contributed by atoms with van der Waals surface area (Å²) in [6.45, 7) is 1.02. The lowest BCUT2D eigenvalue weighted by atomic mass is 10.2. The molecule has 0 bridgehead atoms. The van der Waals surface area contributed by atoms with Crippen LogP contribution in [0, 0.1) is 0 Å². The van der Waals surface area contributed by atoms with E-state index in [0.717, 1.165) is 0 Å². The van der Waals surface area contributed by atoms with Crippen molar-refractivity contribution in [1.29, 1.82) is 0 Å². The van der Waals surface area contributed by atoms with Crippen molar-refractivity contribution in [3.8, 4) is 17.2 Å². The van der Waals surface area contributed by atoms with Crippen LogP contribution in [-0.2, 0) is 14.3 Å². The maximum atomic E-state index is 12.3. The summed E-state index contributed by atoms with van der Waals surface area (Å²) in [6, 6.07) is 9.53. The number of anilines is 1. The molecule has 0 spiro atoms. The van der Waals surface area contributed by atoms with Gasteiger partial charge in [-0.3, -0.25) is 4.79 Å². The van der Waals surface area contributed by atoms with Gasteiger partial charge >= 0.3 is 5.97 Å². The van der Waals surface area contributed by atoms with Crippen molar-refractivity contribution in [2.75, 3.05) is 26.1 Å². The van der Waals surface area contributed by atoms with Gasteiger partial charge in [-0.05, 0) is 37.3 Å². The fourth-order valence-corrected chi connectivity index (χ4v) is 2.62. The lowest BCUT2D eigenvalue weighted by Crippen LogP contribution is -2.31. The average molecular weight is 428 g/mol. The third-order valence-corrected chi connectivity index (χ3v) is 4.11. The first-order valence-corrected chi connectivity index (χ1v) is 8.90. The van der Waals surface area contributed by atoms with Crippen LogP contribution in [0.2, 0.25) is 10.0 Å². The van der Waals surface area contributed by atoms with Crippen molar-refractivity contribution in [3.05, 3.63) is 46.4 Å². The first kappa shape index (κ1) is 21.7. The minimum absolute atomic E-state index is 0.260. The van der Waals surface area contributed by atoms with E-state index in [2.05, 4.69) is 5.32 Å². The van der Waals surface area contributed by atoms with Gasteiger partial charge in [0.15, 0.2) is 12.7 Å². The summed E-state index contributed by atoms with van der Waals surface area (Å²) in [5, 5.41) is 3.34. The third kappa shape index (κ3) is 5.94. The van der Waals surface area contributed by atoms with Crippen LogP contribution in [0.4, 0.5) is 5.69 Å². The number of hydrogen-bond donors (Lipinski definition) is 1. The summed E-state index contributed by atoms with van der Waals surface area (Å²) in [4.78, 5) is 24.3. The fraction of sp³-hybridized carbons (Fsp3) is 0.263. The predicted octanol–water partition coefficient (Wildman–Crippen LogP) is 3.96. The molecule has 0 aliphatic rings. The smallest absolute Gasteiger partial charge is 0.344 e. The van der Waals surface area contributed by atoms with E-state index in [0.29, 0.717) is 22.2 Å². The van der Waals surface area contributed by atoms with Crippen molar-refractivity contribution in [2.45, 2.75) is 13.0 Å². The normalized spacial score (nSPS) is 11.3. The van der Waals surface area contributed by atoms with Crippen LogP contribution in [0.1, 0.15) is 6.92 Å². The number of methoxy groups -OCH3 is 2. The van der Waals surface area contributed by atoms with E-state index in [9.17, 15) is 9.59 Å². The molecule has 1 amide bonds. The molecule has 2 rings (SSSR count). The van der Waals surface area contributed by atoms with Crippen LogP contribution >= 0.6 is 23.2 Å². The Kier molecular flexibility index (Phi) is 7.78. The molecule has 0 saturated carbocycles. The Bertz CT molecular complexity index is 858. The number of ether oxygens (including phenoxy) is 4. The Hall–Kier alpha value is -2.64. The molecule has 1 unspecified atom stereocenters. The van der Waals surface area contributed by atoms with Gasteiger partial charge in [0.2, 0.25) is 0 Å². The molecule has 0 radical (unpaired) electrons. The molecule has 2 aromatic carbocycles. The maximum absolute atomic E-state index is 12.3. The number of nitrogens with one attached hydrogen (secondary N) is 1. The minimum Gasteiger partial charge on any atom is -0.497 e. The van der Waals surface area contributed by atoms with Gasteiger partial charge in [-0.2, -0.15) is 0 Å². The molecule has 2 aromatic rings. The van der Waals surface area contributed by atoms with Crippen molar-refractivity contribution < 1.29 is 28.5 Å². The number of carbonyl (C=O) groups is 2. The minimum atomic E-state index is -1.06. The van der Waals surface area contributed by atoms with Crippen LogP contribution < -0.4 is 19.5 Å². The zero-order chi connectivity index (χ0) is 20.7. The highest BCUT2D eigenvalue weighted by Crippen LogP contribution is 2.29. The standard InChI is InChI=1S/C19H19Cl2NO6/c1-11(19(24)22-15-9-13(25-2)5-7-17(15)26-3)28-18(23)10-27-16-6-4-12(20)8-14(16)21/h4-9,11H,10H2,1-3H3,(H,22,24). The van der Waals surface area contributed by atoms with Crippen LogP contribution in [0.3, 0.4) is 0 Å². The molecule has 0 fully saturated rings. The third-order valence-electron chi connectivity index (χ3n) is 3.58. The number of amides is 1. The zero-order valence-corrected chi connectivity index (χ0v) is 17.0. The van der Waals surface area contributed by atoms with E-state index < -0.39 is 24.6 Å². The van der Waals surface area contributed by atoms with E-state index in [-0.39, 0.29) is 10.8 Å². The summed E-state index contributed by atoms with van der Waals surface area (Å²) in [6.07, 6.45) is -1.06. The van der Waals surface area contributed by atoms with E-state index in [1.165, 1.54) is 33.3 Å². The first-order valence-electron chi connectivity index (χ1n) is 8.14. The van der Waals surface area contributed by atoms with E-state index in [1.807, 2.05) is 0 Å². The molecule has 9 heteroatoms. The molecule has 150 valence electrons. The Labute approximate surface area is 172 Å². The Morgan fingerprint density at radius 1 is 1.04 bits per heavy atom. The van der Waals surface area contributed by atoms with Crippen LogP contribution in [0.5, 0.6) is 17.2 Å². The largest absolute Gasteiger partial charge is 0.497 e. The second kappa shape index (κ2) is 10.1. The number of benzene rings is 2. The molecule has 0 aliphatic carbocycles. The summed E-state index contributed by atoms with van der Waals surface area (Å²) < 4.78 is 20.7. The van der Waals surface area contributed by atoms with Gasteiger partial charge in [0.25, 0.3) is 5.91 Å². The number of esters is 1. The van der Waals surface area contributed by atoms with Crippen molar-refractivity contribution in [2.24, 2.45) is 0 Å². The molecule has 28 heavy (non-hydrogen) atoms. The summed E-state index contributed by atoms with van der Waals surface area (Å²) >= 11 is 11.8. The second-order valence-corrected chi connectivity index (χ2v) is 6.39. The summed E-state index contributed by atoms with van der Waals surface area (Å²) in [7, 11) is 2.98. The SMILES string of the molecule is COc1ccc(OC)c(NC(=O)C(C)OC(=O)COc2ccc(Cl)cc2Cl)c1. The molecule has 1 atom stereocenters. The topological polar surface area (TPSA) is 83.1 Å². The monoisotopic (exact) mass is 427 g/mol. The second-order valence-electron chi connectivity index (χ2n) is 5.55. The van der Waals surface area contributed by atoms with Crippen LogP contribution in [0.25, 0.3) is 0 Å². The van der Waals surface area contributed by atoms with Gasteiger partial charge in [0.1, 0.15) is 17.2 Å². The number of rotatable bonds is 8. The highest BCUT2D eigenvalue weighted by molar-refractivity contribution is 6.35. The van der Waals surface area contributed by atoms with Gasteiger partial charge < -0.3 is 24.3 Å². The van der Waals surface area contributed by atoms with Gasteiger partial charge in [-0.1, -0.05) is 23.2 Å². The van der Waals surface area contributed by atoms with Crippen molar-refractivity contribution in [1.82, 2.24) is 0 Å². The Morgan fingerprint density at radius 3 is 2.39 bits per heavy atom. The lowest BCUT2D eigenvalue weighted by molar-refractivity contribution is -0.155. The highest BCUT2D eigenvalue weighted by Gasteiger charge is 2.20. The summed E-state index contributed by atoms with van der Waals surface area (Å²) in [5.41, 5.74) is 0.388. The quantitative estimate of drug-likeness (QED) is 0.641. The Morgan fingerprint density at radius 2 is 1.75 bits per heavy atom. The Balaban J connectivity index is 1.92. The van der Waals surface area contributed by atoms with Gasteiger partial charge in [-0.15, -0.1) is 0 Å². The van der Waals surface area contributed by atoms with Gasteiger partial charge in [0.05, 0.1) is 24.9 Å². The molecular weight excluding hydrogens is 409 g/mol. The van der Waals surface area contributed by atoms with E-state index >= 15 is 0 Å². The van der Waals surface area contributed by atoms with Crippen molar-refractivity contribution >= 4 is 40.8 Å². The number of hydrogen-bond acceptors (Lipinski definition) is 6. The van der Waals surface area contributed by atoms with Crippen molar-refractivity contribution in [3.63, 3.8) is 0 Å². The maximum Gasteiger partial charge on any atom is 0.344 e. The predicted molar refractivity (Wildman–Crippen MR) is 106 cm³/mol. The average Bonchev–Trinajstić information content (AvgIpc) is 2.67. The zero-order valence-electron chi connectivity index (χ0n) is 15.5. The molecular formula is C19H19Cl2NO6. The molecule has 0 saturated heterocycles.